The van der Waals surface area contributed by atoms with E-state index >= 15 is 0 Å². The van der Waals surface area contributed by atoms with Gasteiger partial charge < -0.3 is 4.72 Å². The Hall–Kier alpha value is -1.65. The van der Waals surface area contributed by atoms with Crippen LogP contribution in [0.25, 0.3) is 5.52 Å². The lowest BCUT2D eigenvalue weighted by Crippen LogP contribution is -2.10. The lowest BCUT2D eigenvalue weighted by Gasteiger charge is -2.19. The molecule has 1 N–H and O–H groups in total. The van der Waals surface area contributed by atoms with Crippen molar-refractivity contribution >= 4 is 34.9 Å². The molecule has 1 fully saturated rings. The molecule has 3 aromatic rings. The second-order valence-corrected chi connectivity index (χ2v) is 8.97. The van der Waals surface area contributed by atoms with Crippen LogP contribution in [0.4, 0.5) is 5.82 Å². The van der Waals surface area contributed by atoms with E-state index in [0.29, 0.717) is 5.92 Å². The average molecular weight is 372 g/mol. The predicted octanol–water partition coefficient (Wildman–Crippen LogP) is 6.28. The van der Waals surface area contributed by atoms with Crippen molar-refractivity contribution in [3.05, 3.63) is 58.7 Å². The number of hydrogen-bond acceptors (Lipinski definition) is 3. The highest BCUT2D eigenvalue weighted by Gasteiger charge is 2.27. The monoisotopic (exact) mass is 371 g/mol. The third kappa shape index (κ3) is 3.51. The molecule has 25 heavy (non-hydrogen) atoms. The van der Waals surface area contributed by atoms with Crippen LogP contribution in [0.15, 0.2) is 47.4 Å². The van der Waals surface area contributed by atoms with E-state index < -0.39 is 0 Å². The van der Waals surface area contributed by atoms with Crippen molar-refractivity contribution in [1.29, 1.82) is 0 Å². The Labute approximate surface area is 157 Å². The number of pyridine rings is 1. The first kappa shape index (κ1) is 16.8. The molecule has 0 amide bonds. The molecule has 2 aromatic heterocycles. The molecule has 0 aliphatic heterocycles. The van der Waals surface area contributed by atoms with Crippen molar-refractivity contribution in [2.45, 2.75) is 49.8 Å². The summed E-state index contributed by atoms with van der Waals surface area (Å²) in [6, 6.07) is 14.7. The van der Waals surface area contributed by atoms with Crippen LogP contribution in [0.3, 0.4) is 0 Å². The Kier molecular flexibility index (Phi) is 4.20. The SMILES string of the molecule is CC(C)(C)c1ccc(SNc2ccc(Cl)c3cc(C4CC4)nn23)cc1. The van der Waals surface area contributed by atoms with Gasteiger partial charge in [0.2, 0.25) is 0 Å². The summed E-state index contributed by atoms with van der Waals surface area (Å²) in [6.07, 6.45) is 2.47. The molecule has 0 atom stereocenters. The van der Waals surface area contributed by atoms with Crippen molar-refractivity contribution in [3.8, 4) is 0 Å². The summed E-state index contributed by atoms with van der Waals surface area (Å²) < 4.78 is 5.34. The van der Waals surface area contributed by atoms with Gasteiger partial charge in [-0.15, -0.1) is 0 Å². The number of anilines is 1. The standard InChI is InChI=1S/C20H22ClN3S/c1-20(2,3)14-6-8-15(9-7-14)25-23-19-11-10-16(21)18-12-17(13-4-5-13)22-24(18)19/h6-13,23H,4-5H2,1-3H3. The zero-order valence-corrected chi connectivity index (χ0v) is 16.3. The highest BCUT2D eigenvalue weighted by Crippen LogP contribution is 2.40. The highest BCUT2D eigenvalue weighted by molar-refractivity contribution is 8.00. The first-order chi connectivity index (χ1) is 11.9. The molecule has 0 spiro atoms. The minimum atomic E-state index is 0.174. The van der Waals surface area contributed by atoms with Gasteiger partial charge in [0, 0.05) is 10.8 Å². The van der Waals surface area contributed by atoms with E-state index in [0.717, 1.165) is 22.1 Å². The first-order valence-electron chi connectivity index (χ1n) is 8.63. The van der Waals surface area contributed by atoms with Crippen LogP contribution in [-0.4, -0.2) is 9.61 Å². The van der Waals surface area contributed by atoms with Crippen LogP contribution in [0.2, 0.25) is 5.02 Å². The fourth-order valence-corrected chi connectivity index (χ4v) is 3.70. The Morgan fingerprint density at radius 1 is 1.12 bits per heavy atom. The minimum Gasteiger partial charge on any atom is -0.310 e. The summed E-state index contributed by atoms with van der Waals surface area (Å²) in [4.78, 5) is 1.17. The third-order valence-electron chi connectivity index (χ3n) is 4.58. The largest absolute Gasteiger partial charge is 0.310 e. The molecule has 1 aliphatic rings. The van der Waals surface area contributed by atoms with Gasteiger partial charge in [-0.3, -0.25) is 0 Å². The van der Waals surface area contributed by atoms with E-state index in [1.54, 1.807) is 11.9 Å². The molecular formula is C20H22ClN3S. The van der Waals surface area contributed by atoms with Crippen molar-refractivity contribution in [2.24, 2.45) is 0 Å². The van der Waals surface area contributed by atoms with Gasteiger partial charge >= 0.3 is 0 Å². The molecule has 2 heterocycles. The molecule has 130 valence electrons. The molecule has 0 radical (unpaired) electrons. The van der Waals surface area contributed by atoms with Gasteiger partial charge in [-0.2, -0.15) is 5.10 Å². The number of hydrogen-bond donors (Lipinski definition) is 1. The maximum Gasteiger partial charge on any atom is 0.138 e. The van der Waals surface area contributed by atoms with Gasteiger partial charge in [-0.05, 0) is 66.1 Å². The van der Waals surface area contributed by atoms with Crippen LogP contribution < -0.4 is 4.72 Å². The van der Waals surface area contributed by atoms with E-state index in [1.807, 2.05) is 16.6 Å². The molecule has 1 saturated carbocycles. The second kappa shape index (κ2) is 6.26. The van der Waals surface area contributed by atoms with Gasteiger partial charge in [-0.25, -0.2) is 4.52 Å². The van der Waals surface area contributed by atoms with Crippen LogP contribution in [0, 0.1) is 0 Å². The number of rotatable bonds is 4. The summed E-state index contributed by atoms with van der Waals surface area (Å²) in [6.45, 7) is 6.69. The van der Waals surface area contributed by atoms with E-state index in [2.05, 4.69) is 55.8 Å². The number of benzene rings is 1. The minimum absolute atomic E-state index is 0.174. The fraction of sp³-hybridized carbons (Fsp3) is 0.350. The van der Waals surface area contributed by atoms with Crippen molar-refractivity contribution < 1.29 is 0 Å². The first-order valence-corrected chi connectivity index (χ1v) is 9.83. The summed E-state index contributed by atoms with van der Waals surface area (Å²) in [5, 5.41) is 5.49. The van der Waals surface area contributed by atoms with Crippen molar-refractivity contribution in [3.63, 3.8) is 0 Å². The molecule has 1 aliphatic carbocycles. The number of aromatic nitrogens is 2. The van der Waals surface area contributed by atoms with Crippen LogP contribution in [-0.2, 0) is 5.41 Å². The average Bonchev–Trinajstić information content (AvgIpc) is 3.33. The topological polar surface area (TPSA) is 29.3 Å². The lowest BCUT2D eigenvalue weighted by atomic mass is 9.87. The molecule has 0 unspecified atom stereocenters. The Morgan fingerprint density at radius 2 is 1.84 bits per heavy atom. The van der Waals surface area contributed by atoms with Gasteiger partial charge in [0.15, 0.2) is 0 Å². The molecule has 1 aromatic carbocycles. The Bertz CT molecular complexity index is 905. The number of nitrogens with zero attached hydrogens (tertiary/aromatic N) is 2. The molecule has 0 bridgehead atoms. The van der Waals surface area contributed by atoms with Gasteiger partial charge in [0.25, 0.3) is 0 Å². The zero-order chi connectivity index (χ0) is 17.6. The maximum atomic E-state index is 6.35. The lowest BCUT2D eigenvalue weighted by molar-refractivity contribution is 0.590. The van der Waals surface area contributed by atoms with Gasteiger partial charge in [0.1, 0.15) is 5.82 Å². The summed E-state index contributed by atoms with van der Waals surface area (Å²) in [5.74, 6) is 1.55. The normalized spacial score (nSPS) is 14.9. The van der Waals surface area contributed by atoms with Crippen molar-refractivity contribution in [2.75, 3.05) is 4.72 Å². The molecule has 5 heteroatoms. The quantitative estimate of drug-likeness (QED) is 0.547. The molecule has 3 nitrogen and oxygen atoms in total. The van der Waals surface area contributed by atoms with E-state index in [-0.39, 0.29) is 5.41 Å². The maximum absolute atomic E-state index is 6.35. The summed E-state index contributed by atoms with van der Waals surface area (Å²) in [5.41, 5.74) is 3.63. The number of halogens is 1. The molecular weight excluding hydrogens is 350 g/mol. The Morgan fingerprint density at radius 3 is 2.48 bits per heavy atom. The number of fused-ring (bicyclic) bond motifs is 1. The fourth-order valence-electron chi connectivity index (χ4n) is 2.85. The van der Waals surface area contributed by atoms with Crippen LogP contribution >= 0.6 is 23.5 Å². The molecule has 4 rings (SSSR count). The van der Waals surface area contributed by atoms with E-state index in [1.165, 1.54) is 23.3 Å². The second-order valence-electron chi connectivity index (χ2n) is 7.69. The smallest absolute Gasteiger partial charge is 0.138 e. The molecule has 0 saturated heterocycles. The van der Waals surface area contributed by atoms with Crippen LogP contribution in [0.5, 0.6) is 0 Å². The Balaban J connectivity index is 1.55. The zero-order valence-electron chi connectivity index (χ0n) is 14.7. The number of nitrogens with one attached hydrogen (secondary N) is 1. The van der Waals surface area contributed by atoms with Gasteiger partial charge in [0.05, 0.1) is 16.2 Å². The third-order valence-corrected chi connectivity index (χ3v) is 5.72. The summed E-state index contributed by atoms with van der Waals surface area (Å²) in [7, 11) is 0. The van der Waals surface area contributed by atoms with Gasteiger partial charge in [-0.1, -0.05) is 44.5 Å². The van der Waals surface area contributed by atoms with Crippen LogP contribution in [0.1, 0.15) is 50.8 Å². The van der Waals surface area contributed by atoms with Crippen molar-refractivity contribution in [1.82, 2.24) is 9.61 Å². The highest BCUT2D eigenvalue weighted by atomic mass is 35.5. The van der Waals surface area contributed by atoms with E-state index in [4.69, 9.17) is 16.7 Å². The predicted molar refractivity (Wildman–Crippen MR) is 107 cm³/mol. The van der Waals surface area contributed by atoms with E-state index in [9.17, 15) is 0 Å². The summed E-state index contributed by atoms with van der Waals surface area (Å²) >= 11 is 7.94.